The molecular formula is C14H12ClN3O2. The van der Waals surface area contributed by atoms with Crippen LogP contribution in [0.4, 0.5) is 11.5 Å². The van der Waals surface area contributed by atoms with Gasteiger partial charge in [-0.15, -0.1) is 0 Å². The molecule has 0 atom stereocenters. The fourth-order valence-electron chi connectivity index (χ4n) is 1.53. The highest BCUT2D eigenvalue weighted by atomic mass is 35.5. The van der Waals surface area contributed by atoms with Crippen LogP contribution in [0.15, 0.2) is 42.6 Å². The second kappa shape index (κ2) is 6.16. The molecule has 0 spiro atoms. The highest BCUT2D eigenvalue weighted by Gasteiger charge is 2.06. The Morgan fingerprint density at radius 2 is 1.75 bits per heavy atom. The third-order valence-corrected chi connectivity index (χ3v) is 2.68. The van der Waals surface area contributed by atoms with Crippen LogP contribution in [0.5, 0.6) is 0 Å². The van der Waals surface area contributed by atoms with Gasteiger partial charge in [-0.05, 0) is 36.4 Å². The van der Waals surface area contributed by atoms with Gasteiger partial charge >= 0.3 is 0 Å². The summed E-state index contributed by atoms with van der Waals surface area (Å²) in [6, 6.07) is 9.81. The van der Waals surface area contributed by atoms with Crippen molar-refractivity contribution >= 4 is 34.9 Å². The minimum Gasteiger partial charge on any atom is -0.325 e. The zero-order valence-electron chi connectivity index (χ0n) is 10.7. The molecule has 0 aliphatic heterocycles. The smallest absolute Gasteiger partial charge is 0.256 e. The summed E-state index contributed by atoms with van der Waals surface area (Å²) in [4.78, 5) is 26.8. The van der Waals surface area contributed by atoms with Crippen LogP contribution in [0.3, 0.4) is 0 Å². The zero-order chi connectivity index (χ0) is 14.5. The topological polar surface area (TPSA) is 71.1 Å². The van der Waals surface area contributed by atoms with Gasteiger partial charge in [-0.3, -0.25) is 9.59 Å². The van der Waals surface area contributed by atoms with Crippen molar-refractivity contribution in [3.8, 4) is 0 Å². The van der Waals surface area contributed by atoms with Crippen LogP contribution < -0.4 is 10.6 Å². The fourth-order valence-corrected chi connectivity index (χ4v) is 1.66. The first-order valence-electron chi connectivity index (χ1n) is 5.85. The van der Waals surface area contributed by atoms with Crippen molar-refractivity contribution in [2.75, 3.05) is 10.6 Å². The van der Waals surface area contributed by atoms with Crippen LogP contribution in [0.2, 0.25) is 5.02 Å². The van der Waals surface area contributed by atoms with Crippen LogP contribution in [0, 0.1) is 0 Å². The molecule has 0 saturated carbocycles. The van der Waals surface area contributed by atoms with Gasteiger partial charge in [0.2, 0.25) is 5.91 Å². The Hall–Kier alpha value is -2.40. The van der Waals surface area contributed by atoms with Crippen molar-refractivity contribution in [2.24, 2.45) is 0 Å². The number of hydrogen-bond donors (Lipinski definition) is 2. The standard InChI is InChI=1S/C14H12ClN3O2/c1-9(19)17-12-6-7-13(16-8-12)18-14(20)10-2-4-11(15)5-3-10/h2-8H,1H3,(H,17,19)(H,16,18,20). The molecule has 2 rings (SSSR count). The van der Waals surface area contributed by atoms with Gasteiger partial charge in [-0.1, -0.05) is 11.6 Å². The van der Waals surface area contributed by atoms with E-state index in [2.05, 4.69) is 15.6 Å². The van der Waals surface area contributed by atoms with E-state index in [9.17, 15) is 9.59 Å². The van der Waals surface area contributed by atoms with Crippen molar-refractivity contribution in [2.45, 2.75) is 6.92 Å². The lowest BCUT2D eigenvalue weighted by Gasteiger charge is -2.06. The van der Waals surface area contributed by atoms with Crippen LogP contribution >= 0.6 is 11.6 Å². The summed E-state index contributed by atoms with van der Waals surface area (Å²) in [7, 11) is 0. The number of rotatable bonds is 3. The summed E-state index contributed by atoms with van der Waals surface area (Å²) in [5.41, 5.74) is 1.06. The molecule has 2 N–H and O–H groups in total. The summed E-state index contributed by atoms with van der Waals surface area (Å²) in [5, 5.41) is 5.82. The fraction of sp³-hybridized carbons (Fsp3) is 0.0714. The molecule has 20 heavy (non-hydrogen) atoms. The number of halogens is 1. The number of nitrogens with one attached hydrogen (secondary N) is 2. The van der Waals surface area contributed by atoms with Crippen molar-refractivity contribution in [1.82, 2.24) is 4.98 Å². The number of hydrogen-bond acceptors (Lipinski definition) is 3. The van der Waals surface area contributed by atoms with Crippen molar-refractivity contribution in [3.05, 3.63) is 53.2 Å². The van der Waals surface area contributed by atoms with Crippen LogP contribution in [0.25, 0.3) is 0 Å². The lowest BCUT2D eigenvalue weighted by atomic mass is 10.2. The number of carbonyl (C=O) groups excluding carboxylic acids is 2. The first-order valence-corrected chi connectivity index (χ1v) is 6.23. The van der Waals surface area contributed by atoms with Gasteiger partial charge in [-0.25, -0.2) is 4.98 Å². The summed E-state index contributed by atoms with van der Waals surface area (Å²) < 4.78 is 0. The second-order valence-corrected chi connectivity index (χ2v) is 4.51. The molecule has 5 nitrogen and oxygen atoms in total. The average Bonchev–Trinajstić information content (AvgIpc) is 2.41. The number of benzene rings is 1. The van der Waals surface area contributed by atoms with Crippen LogP contribution in [0.1, 0.15) is 17.3 Å². The van der Waals surface area contributed by atoms with Gasteiger partial charge < -0.3 is 10.6 Å². The molecule has 1 aromatic heterocycles. The molecule has 2 amide bonds. The van der Waals surface area contributed by atoms with Crippen molar-refractivity contribution < 1.29 is 9.59 Å². The maximum atomic E-state index is 11.9. The zero-order valence-corrected chi connectivity index (χ0v) is 11.4. The largest absolute Gasteiger partial charge is 0.325 e. The molecule has 0 aliphatic carbocycles. The number of nitrogens with zero attached hydrogens (tertiary/aromatic N) is 1. The maximum absolute atomic E-state index is 11.9. The molecule has 102 valence electrons. The van der Waals surface area contributed by atoms with Gasteiger partial charge in [0.1, 0.15) is 5.82 Å². The Morgan fingerprint density at radius 3 is 2.30 bits per heavy atom. The predicted octanol–water partition coefficient (Wildman–Crippen LogP) is 2.95. The predicted molar refractivity (Wildman–Crippen MR) is 77.9 cm³/mol. The number of carbonyl (C=O) groups is 2. The van der Waals surface area contributed by atoms with E-state index in [0.717, 1.165) is 0 Å². The molecule has 0 fully saturated rings. The van der Waals surface area contributed by atoms with Crippen LogP contribution in [-0.2, 0) is 4.79 Å². The SMILES string of the molecule is CC(=O)Nc1ccc(NC(=O)c2ccc(Cl)cc2)nc1. The minimum atomic E-state index is -0.276. The first kappa shape index (κ1) is 14.0. The summed E-state index contributed by atoms with van der Waals surface area (Å²) in [5.74, 6) is -0.0507. The Labute approximate surface area is 121 Å². The Bertz CT molecular complexity index is 624. The summed E-state index contributed by atoms with van der Waals surface area (Å²) in [6.45, 7) is 1.41. The highest BCUT2D eigenvalue weighted by Crippen LogP contribution is 2.13. The van der Waals surface area contributed by atoms with Gasteiger partial charge in [0.15, 0.2) is 0 Å². The third kappa shape index (κ3) is 3.80. The van der Waals surface area contributed by atoms with Gasteiger partial charge in [0, 0.05) is 17.5 Å². The normalized spacial score (nSPS) is 9.90. The molecular weight excluding hydrogens is 278 g/mol. The molecule has 0 saturated heterocycles. The lowest BCUT2D eigenvalue weighted by Crippen LogP contribution is -2.13. The van der Waals surface area contributed by atoms with E-state index in [1.165, 1.54) is 13.1 Å². The van der Waals surface area contributed by atoms with Gasteiger partial charge in [-0.2, -0.15) is 0 Å². The Kier molecular flexibility index (Phi) is 4.32. The maximum Gasteiger partial charge on any atom is 0.256 e. The summed E-state index contributed by atoms with van der Waals surface area (Å²) in [6.07, 6.45) is 1.47. The number of aromatic nitrogens is 1. The molecule has 1 heterocycles. The Morgan fingerprint density at radius 1 is 1.05 bits per heavy atom. The number of amides is 2. The molecule has 1 aromatic carbocycles. The molecule has 0 bridgehead atoms. The van der Waals surface area contributed by atoms with Crippen LogP contribution in [-0.4, -0.2) is 16.8 Å². The van der Waals surface area contributed by atoms with E-state index < -0.39 is 0 Å². The van der Waals surface area contributed by atoms with E-state index in [4.69, 9.17) is 11.6 Å². The number of anilines is 2. The van der Waals surface area contributed by atoms with E-state index in [1.54, 1.807) is 36.4 Å². The van der Waals surface area contributed by atoms with Crippen molar-refractivity contribution in [1.29, 1.82) is 0 Å². The molecule has 2 aromatic rings. The molecule has 0 unspecified atom stereocenters. The number of pyridine rings is 1. The second-order valence-electron chi connectivity index (χ2n) is 4.07. The monoisotopic (exact) mass is 289 g/mol. The average molecular weight is 290 g/mol. The minimum absolute atomic E-state index is 0.176. The lowest BCUT2D eigenvalue weighted by molar-refractivity contribution is -0.114. The molecule has 6 heteroatoms. The highest BCUT2D eigenvalue weighted by molar-refractivity contribution is 6.30. The first-order chi connectivity index (χ1) is 9.54. The van der Waals surface area contributed by atoms with E-state index in [0.29, 0.717) is 22.1 Å². The quantitative estimate of drug-likeness (QED) is 0.912. The van der Waals surface area contributed by atoms with E-state index in [-0.39, 0.29) is 11.8 Å². The van der Waals surface area contributed by atoms with Crippen molar-refractivity contribution in [3.63, 3.8) is 0 Å². The molecule has 0 radical (unpaired) electrons. The van der Waals surface area contributed by atoms with E-state index >= 15 is 0 Å². The third-order valence-electron chi connectivity index (χ3n) is 2.43. The Balaban J connectivity index is 2.04. The van der Waals surface area contributed by atoms with Gasteiger partial charge in [0.05, 0.1) is 11.9 Å². The van der Waals surface area contributed by atoms with Gasteiger partial charge in [0.25, 0.3) is 5.91 Å². The summed E-state index contributed by atoms with van der Waals surface area (Å²) >= 11 is 5.76. The van der Waals surface area contributed by atoms with E-state index in [1.807, 2.05) is 0 Å². The molecule has 0 aliphatic rings.